The lowest BCUT2D eigenvalue weighted by molar-refractivity contribution is -0.143. The Labute approximate surface area is 139 Å². The second-order valence-electron chi connectivity index (χ2n) is 5.51. The minimum absolute atomic E-state index is 0.264. The molecule has 0 fully saturated rings. The molecule has 0 heterocycles. The van der Waals surface area contributed by atoms with E-state index in [0.717, 1.165) is 12.0 Å². The van der Waals surface area contributed by atoms with Gasteiger partial charge in [-0.2, -0.15) is 13.2 Å². The molecular weight excluding hydrogens is 324 g/mol. The lowest BCUT2D eigenvalue weighted by atomic mass is 10.1. The Kier molecular flexibility index (Phi) is 8.53. The van der Waals surface area contributed by atoms with E-state index in [1.165, 1.54) is 24.1 Å². The van der Waals surface area contributed by atoms with Crippen LogP contribution in [-0.2, 0) is 6.42 Å². The van der Waals surface area contributed by atoms with Gasteiger partial charge in [0.05, 0.1) is 6.54 Å². The number of benzene rings is 1. The first-order valence-corrected chi connectivity index (χ1v) is 7.74. The van der Waals surface area contributed by atoms with Gasteiger partial charge in [0.25, 0.3) is 0 Å². The van der Waals surface area contributed by atoms with Crippen LogP contribution in [0.15, 0.2) is 29.3 Å². The van der Waals surface area contributed by atoms with Crippen LogP contribution in [0, 0.1) is 5.82 Å². The molecule has 0 radical (unpaired) electrons. The van der Waals surface area contributed by atoms with E-state index < -0.39 is 12.7 Å². The van der Waals surface area contributed by atoms with E-state index in [9.17, 15) is 17.6 Å². The normalized spacial score (nSPS) is 12.5. The van der Waals surface area contributed by atoms with E-state index in [1.807, 2.05) is 0 Å². The molecule has 0 atom stereocenters. The number of rotatable bonds is 8. The van der Waals surface area contributed by atoms with E-state index in [0.29, 0.717) is 32.0 Å². The third kappa shape index (κ3) is 9.34. The summed E-state index contributed by atoms with van der Waals surface area (Å²) >= 11 is 0. The Morgan fingerprint density at radius 1 is 1.12 bits per heavy atom. The largest absolute Gasteiger partial charge is 0.401 e. The highest BCUT2D eigenvalue weighted by atomic mass is 19.4. The summed E-state index contributed by atoms with van der Waals surface area (Å²) in [6.07, 6.45) is -2.87. The molecule has 8 heteroatoms. The molecule has 1 rings (SSSR count). The molecule has 1 aromatic carbocycles. The molecule has 4 nitrogen and oxygen atoms in total. The lowest BCUT2D eigenvalue weighted by Gasteiger charge is -2.19. The Hall–Kier alpha value is -1.83. The first-order chi connectivity index (χ1) is 11.3. The van der Waals surface area contributed by atoms with E-state index >= 15 is 0 Å². The van der Waals surface area contributed by atoms with Crippen LogP contribution in [0.25, 0.3) is 0 Å². The fraction of sp³-hybridized carbons (Fsp3) is 0.562. The summed E-state index contributed by atoms with van der Waals surface area (Å²) in [6.45, 7) is 0.592. The minimum Gasteiger partial charge on any atom is -0.356 e. The molecule has 0 aliphatic heterocycles. The van der Waals surface area contributed by atoms with Gasteiger partial charge in [0.15, 0.2) is 5.96 Å². The molecule has 1 aromatic rings. The monoisotopic (exact) mass is 348 g/mol. The Bertz CT molecular complexity index is 500. The van der Waals surface area contributed by atoms with Crippen LogP contribution in [0.1, 0.15) is 12.0 Å². The Balaban J connectivity index is 2.17. The number of aliphatic imine (C=N–C) groups is 1. The van der Waals surface area contributed by atoms with Gasteiger partial charge < -0.3 is 10.6 Å². The number of hydrogen-bond donors (Lipinski definition) is 2. The number of alkyl halides is 3. The molecule has 0 bridgehead atoms. The highest BCUT2D eigenvalue weighted by molar-refractivity contribution is 5.79. The molecule has 0 aromatic heterocycles. The van der Waals surface area contributed by atoms with Crippen molar-refractivity contribution in [1.29, 1.82) is 0 Å². The van der Waals surface area contributed by atoms with Crippen LogP contribution in [0.3, 0.4) is 0 Å². The molecule has 0 aliphatic carbocycles. The first-order valence-electron chi connectivity index (χ1n) is 7.74. The average molecular weight is 348 g/mol. The first kappa shape index (κ1) is 20.2. The summed E-state index contributed by atoms with van der Waals surface area (Å²) < 4.78 is 49.4. The molecule has 0 saturated carbocycles. The van der Waals surface area contributed by atoms with E-state index in [4.69, 9.17) is 0 Å². The van der Waals surface area contributed by atoms with Crippen LogP contribution < -0.4 is 10.6 Å². The molecule has 0 spiro atoms. The highest BCUT2D eigenvalue weighted by Crippen LogP contribution is 2.15. The highest BCUT2D eigenvalue weighted by Gasteiger charge is 2.28. The van der Waals surface area contributed by atoms with Crippen molar-refractivity contribution in [2.75, 3.05) is 40.3 Å². The van der Waals surface area contributed by atoms with E-state index in [1.54, 1.807) is 19.2 Å². The van der Waals surface area contributed by atoms with Gasteiger partial charge in [-0.15, -0.1) is 0 Å². The quantitative estimate of drug-likeness (QED) is 0.328. The van der Waals surface area contributed by atoms with Crippen molar-refractivity contribution < 1.29 is 17.6 Å². The Morgan fingerprint density at radius 3 is 2.33 bits per heavy atom. The zero-order valence-electron chi connectivity index (χ0n) is 14.0. The Morgan fingerprint density at radius 2 is 1.75 bits per heavy atom. The van der Waals surface area contributed by atoms with Gasteiger partial charge in [-0.05, 0) is 44.1 Å². The van der Waals surface area contributed by atoms with E-state index in [2.05, 4.69) is 15.6 Å². The predicted molar refractivity (Wildman–Crippen MR) is 87.6 cm³/mol. The standard InChI is InChI=1S/C16H24F4N4/c1-21-15(22-9-3-11-24(2)12-16(18,19)20)23-10-8-13-4-6-14(17)7-5-13/h4-7H,3,8-12H2,1-2H3,(H2,21,22,23). The van der Waals surface area contributed by atoms with Gasteiger partial charge in [-0.25, -0.2) is 4.39 Å². The van der Waals surface area contributed by atoms with Crippen molar-refractivity contribution >= 4 is 5.96 Å². The second kappa shape index (κ2) is 10.1. The van der Waals surface area contributed by atoms with Crippen LogP contribution in [0.4, 0.5) is 17.6 Å². The molecule has 24 heavy (non-hydrogen) atoms. The van der Waals surface area contributed by atoms with Gasteiger partial charge in [0.1, 0.15) is 5.82 Å². The summed E-state index contributed by atoms with van der Waals surface area (Å²) in [7, 11) is 3.08. The van der Waals surface area contributed by atoms with Crippen molar-refractivity contribution in [3.63, 3.8) is 0 Å². The average Bonchev–Trinajstić information content (AvgIpc) is 2.49. The van der Waals surface area contributed by atoms with Gasteiger partial charge in [-0.3, -0.25) is 9.89 Å². The predicted octanol–water partition coefficient (Wildman–Crippen LogP) is 2.42. The molecule has 0 saturated heterocycles. The molecular formula is C16H24F4N4. The van der Waals surface area contributed by atoms with Gasteiger partial charge >= 0.3 is 6.18 Å². The lowest BCUT2D eigenvalue weighted by Crippen LogP contribution is -2.40. The van der Waals surface area contributed by atoms with Crippen molar-refractivity contribution in [2.24, 2.45) is 4.99 Å². The van der Waals surface area contributed by atoms with Gasteiger partial charge in [0, 0.05) is 20.1 Å². The maximum Gasteiger partial charge on any atom is 0.401 e. The topological polar surface area (TPSA) is 39.7 Å². The summed E-state index contributed by atoms with van der Waals surface area (Å²) in [5.74, 6) is 0.329. The summed E-state index contributed by atoms with van der Waals surface area (Å²) in [5.41, 5.74) is 1.01. The number of halogens is 4. The third-order valence-electron chi connectivity index (χ3n) is 3.30. The van der Waals surface area contributed by atoms with Crippen molar-refractivity contribution in [2.45, 2.75) is 19.0 Å². The third-order valence-corrected chi connectivity index (χ3v) is 3.30. The molecule has 0 unspecified atom stereocenters. The minimum atomic E-state index is -4.17. The summed E-state index contributed by atoms with van der Waals surface area (Å²) in [5, 5.41) is 6.16. The maximum absolute atomic E-state index is 12.8. The fourth-order valence-corrected chi connectivity index (χ4v) is 2.14. The molecule has 136 valence electrons. The summed E-state index contributed by atoms with van der Waals surface area (Å²) in [6, 6.07) is 6.28. The molecule has 0 aliphatic rings. The zero-order chi connectivity index (χ0) is 18.0. The second-order valence-corrected chi connectivity index (χ2v) is 5.51. The van der Waals surface area contributed by atoms with Crippen LogP contribution in [0.2, 0.25) is 0 Å². The fourth-order valence-electron chi connectivity index (χ4n) is 2.14. The zero-order valence-corrected chi connectivity index (χ0v) is 14.0. The number of guanidine groups is 1. The van der Waals surface area contributed by atoms with Gasteiger partial charge in [0.2, 0.25) is 0 Å². The smallest absolute Gasteiger partial charge is 0.356 e. The van der Waals surface area contributed by atoms with Crippen LogP contribution >= 0.6 is 0 Å². The van der Waals surface area contributed by atoms with Crippen LogP contribution in [-0.4, -0.2) is 57.3 Å². The van der Waals surface area contributed by atoms with Gasteiger partial charge in [-0.1, -0.05) is 12.1 Å². The van der Waals surface area contributed by atoms with E-state index in [-0.39, 0.29) is 5.82 Å². The number of nitrogens with one attached hydrogen (secondary N) is 2. The summed E-state index contributed by atoms with van der Waals surface area (Å²) in [4.78, 5) is 5.29. The van der Waals surface area contributed by atoms with Crippen molar-refractivity contribution in [3.05, 3.63) is 35.6 Å². The van der Waals surface area contributed by atoms with Crippen LogP contribution in [0.5, 0.6) is 0 Å². The number of nitrogens with zero attached hydrogens (tertiary/aromatic N) is 2. The van der Waals surface area contributed by atoms with Crippen molar-refractivity contribution in [3.8, 4) is 0 Å². The van der Waals surface area contributed by atoms with Crippen molar-refractivity contribution in [1.82, 2.24) is 15.5 Å². The SMILES string of the molecule is CN=C(NCCCN(C)CC(F)(F)F)NCCc1ccc(F)cc1. The number of hydrogen-bond acceptors (Lipinski definition) is 2. The molecule has 0 amide bonds. The molecule has 2 N–H and O–H groups in total. The maximum atomic E-state index is 12.8.